The minimum atomic E-state index is -3.14. The number of sulfonamides is 1. The van der Waals surface area contributed by atoms with Crippen molar-refractivity contribution in [1.82, 2.24) is 19.3 Å². The fraction of sp³-hybridized carbons (Fsp3) is 0.524. The first kappa shape index (κ1) is 21.7. The second-order valence-electron chi connectivity index (χ2n) is 7.83. The molecule has 2 unspecified atom stereocenters. The molecule has 3 N–H and O–H groups in total. The number of fused-ring (bicyclic) bond motifs is 3. The number of nitrogens with zero attached hydrogens (tertiary/aromatic N) is 3. The van der Waals surface area contributed by atoms with Crippen molar-refractivity contribution < 1.29 is 8.42 Å². The molecule has 2 aromatic heterocycles. The fourth-order valence-electron chi connectivity index (χ4n) is 3.72. The number of rotatable bonds is 10. The monoisotopic (exact) mass is 417 g/mol. The maximum Gasteiger partial charge on any atom is 0.208 e. The minimum absolute atomic E-state index is 0.151. The van der Waals surface area contributed by atoms with Gasteiger partial charge in [0, 0.05) is 30.4 Å². The van der Waals surface area contributed by atoms with Crippen LogP contribution in [0, 0.1) is 0 Å². The van der Waals surface area contributed by atoms with Crippen molar-refractivity contribution in [2.45, 2.75) is 58.0 Å². The summed E-state index contributed by atoms with van der Waals surface area (Å²) in [7, 11) is -3.14. The van der Waals surface area contributed by atoms with Crippen LogP contribution >= 0.6 is 0 Å². The van der Waals surface area contributed by atoms with Gasteiger partial charge in [-0.2, -0.15) is 0 Å². The van der Waals surface area contributed by atoms with E-state index in [0.29, 0.717) is 6.54 Å². The van der Waals surface area contributed by atoms with Gasteiger partial charge in [-0.25, -0.2) is 18.1 Å². The Balaban J connectivity index is 1.90. The third-order valence-corrected chi connectivity index (χ3v) is 6.05. The number of benzene rings is 1. The number of hydrogen-bond donors (Lipinski definition) is 2. The number of aryl methyl sites for hydroxylation is 1. The number of para-hydroxylation sites is 1. The van der Waals surface area contributed by atoms with Gasteiger partial charge in [-0.05, 0) is 31.7 Å². The van der Waals surface area contributed by atoms with Gasteiger partial charge in [0.15, 0.2) is 0 Å². The topological polar surface area (TPSA) is 103 Å². The first-order valence-corrected chi connectivity index (χ1v) is 12.1. The third kappa shape index (κ3) is 5.32. The Hall–Kier alpha value is -2.03. The molecule has 8 heteroatoms. The van der Waals surface area contributed by atoms with Gasteiger partial charge in [0.2, 0.25) is 10.0 Å². The molecular formula is C21H31N5O2S. The summed E-state index contributed by atoms with van der Waals surface area (Å²) in [5.41, 5.74) is 10.2. The van der Waals surface area contributed by atoms with E-state index >= 15 is 0 Å². The molecule has 0 aliphatic carbocycles. The lowest BCUT2D eigenvalue weighted by Crippen LogP contribution is -2.23. The Morgan fingerprint density at radius 2 is 2.00 bits per heavy atom. The van der Waals surface area contributed by atoms with Gasteiger partial charge in [0.1, 0.15) is 5.52 Å². The van der Waals surface area contributed by atoms with Crippen LogP contribution in [0.4, 0.5) is 0 Å². The van der Waals surface area contributed by atoms with Crippen molar-refractivity contribution in [1.29, 1.82) is 0 Å². The predicted molar refractivity (Wildman–Crippen MR) is 118 cm³/mol. The van der Waals surface area contributed by atoms with E-state index < -0.39 is 10.0 Å². The molecule has 2 heterocycles. The van der Waals surface area contributed by atoms with E-state index in [9.17, 15) is 8.42 Å². The molecule has 0 aliphatic rings. The van der Waals surface area contributed by atoms with Gasteiger partial charge in [-0.1, -0.05) is 32.0 Å². The van der Waals surface area contributed by atoms with Crippen LogP contribution < -0.4 is 10.5 Å². The van der Waals surface area contributed by atoms with E-state index in [1.54, 1.807) is 0 Å². The van der Waals surface area contributed by atoms with Crippen LogP contribution in [-0.2, 0) is 16.6 Å². The molecule has 3 rings (SSSR count). The van der Waals surface area contributed by atoms with E-state index in [4.69, 9.17) is 15.7 Å². The molecule has 158 valence electrons. The highest BCUT2D eigenvalue weighted by atomic mass is 32.2. The highest BCUT2D eigenvalue weighted by Gasteiger charge is 2.19. The van der Waals surface area contributed by atoms with Crippen LogP contribution in [0.5, 0.6) is 0 Å². The smallest absolute Gasteiger partial charge is 0.208 e. The van der Waals surface area contributed by atoms with Crippen molar-refractivity contribution in [3.63, 3.8) is 0 Å². The highest BCUT2D eigenvalue weighted by Crippen LogP contribution is 2.31. The quantitative estimate of drug-likeness (QED) is 0.493. The molecule has 0 radical (unpaired) electrons. The number of nitrogens with one attached hydrogen (secondary N) is 1. The number of nitrogens with two attached hydrogens (primary N) is 1. The molecule has 0 aliphatic heterocycles. The number of aromatic nitrogens is 3. The fourth-order valence-corrected chi connectivity index (χ4v) is 4.23. The summed E-state index contributed by atoms with van der Waals surface area (Å²) < 4.78 is 27.1. The van der Waals surface area contributed by atoms with Gasteiger partial charge in [0.25, 0.3) is 0 Å². The maximum absolute atomic E-state index is 11.2. The van der Waals surface area contributed by atoms with Crippen LogP contribution in [0.2, 0.25) is 0 Å². The lowest BCUT2D eigenvalue weighted by Gasteiger charge is -2.17. The molecule has 0 saturated carbocycles. The van der Waals surface area contributed by atoms with E-state index in [1.165, 1.54) is 6.26 Å². The Labute approximate surface area is 172 Å². The van der Waals surface area contributed by atoms with E-state index in [2.05, 4.69) is 29.2 Å². The zero-order chi connectivity index (χ0) is 21.0. The molecule has 0 saturated heterocycles. The van der Waals surface area contributed by atoms with Crippen LogP contribution in [0.15, 0.2) is 30.6 Å². The molecular weight excluding hydrogens is 386 g/mol. The summed E-state index contributed by atoms with van der Waals surface area (Å²) in [6, 6.07) is 8.30. The zero-order valence-corrected chi connectivity index (χ0v) is 18.2. The summed E-state index contributed by atoms with van der Waals surface area (Å²) in [6.45, 7) is 5.50. The molecule has 0 fully saturated rings. The zero-order valence-electron chi connectivity index (χ0n) is 17.4. The molecule has 0 bridgehead atoms. The standard InChI is InChI=1S/C21H31N5O2S/c1-4-16(22)13-15(2)19-20-21(17-9-5-6-10-18(17)25-19)26(14-23-20)12-8-7-11-24-29(3,27)28/h5-6,9-10,14-16,24H,4,7-8,11-13,22H2,1-3H3. The first-order chi connectivity index (χ1) is 13.8. The lowest BCUT2D eigenvalue weighted by atomic mass is 9.95. The average molecular weight is 418 g/mol. The summed E-state index contributed by atoms with van der Waals surface area (Å²) >= 11 is 0. The molecule has 29 heavy (non-hydrogen) atoms. The van der Waals surface area contributed by atoms with Crippen LogP contribution in [-0.4, -0.2) is 41.8 Å². The van der Waals surface area contributed by atoms with Crippen LogP contribution in [0.3, 0.4) is 0 Å². The van der Waals surface area contributed by atoms with Gasteiger partial charge in [-0.15, -0.1) is 0 Å². The van der Waals surface area contributed by atoms with Gasteiger partial charge < -0.3 is 10.3 Å². The van der Waals surface area contributed by atoms with Crippen molar-refractivity contribution >= 4 is 32.0 Å². The largest absolute Gasteiger partial charge is 0.330 e. The molecule has 7 nitrogen and oxygen atoms in total. The van der Waals surface area contributed by atoms with Gasteiger partial charge >= 0.3 is 0 Å². The van der Waals surface area contributed by atoms with Crippen molar-refractivity contribution in [2.75, 3.05) is 12.8 Å². The third-order valence-electron chi connectivity index (χ3n) is 5.32. The van der Waals surface area contributed by atoms with Crippen molar-refractivity contribution in [3.8, 4) is 0 Å². The van der Waals surface area contributed by atoms with Crippen LogP contribution in [0.1, 0.15) is 51.1 Å². The molecule has 2 atom stereocenters. The van der Waals surface area contributed by atoms with Crippen molar-refractivity contribution in [2.24, 2.45) is 5.73 Å². The SMILES string of the molecule is CCC(N)CC(C)c1nc2ccccc2c2c1ncn2CCCCNS(C)(=O)=O. The lowest BCUT2D eigenvalue weighted by molar-refractivity contribution is 0.534. The number of hydrogen-bond acceptors (Lipinski definition) is 5. The second-order valence-corrected chi connectivity index (χ2v) is 9.66. The summed E-state index contributed by atoms with van der Waals surface area (Å²) in [5.74, 6) is 0.222. The number of unbranched alkanes of at least 4 members (excludes halogenated alkanes) is 1. The predicted octanol–water partition coefficient (Wildman–Crippen LogP) is 3.14. The molecule has 3 aromatic rings. The average Bonchev–Trinajstić information content (AvgIpc) is 3.10. The number of imidazole rings is 1. The Bertz CT molecular complexity index is 1080. The molecule has 1 aromatic carbocycles. The number of pyridine rings is 1. The second kappa shape index (κ2) is 9.19. The summed E-state index contributed by atoms with van der Waals surface area (Å²) in [4.78, 5) is 9.64. The Morgan fingerprint density at radius 3 is 2.72 bits per heavy atom. The molecule has 0 amide bonds. The minimum Gasteiger partial charge on any atom is -0.330 e. The Morgan fingerprint density at radius 1 is 1.24 bits per heavy atom. The first-order valence-electron chi connectivity index (χ1n) is 10.2. The molecule has 0 spiro atoms. The van der Waals surface area contributed by atoms with E-state index in [-0.39, 0.29) is 12.0 Å². The van der Waals surface area contributed by atoms with Gasteiger partial charge in [-0.3, -0.25) is 4.98 Å². The van der Waals surface area contributed by atoms with Crippen LogP contribution in [0.25, 0.3) is 21.9 Å². The maximum atomic E-state index is 11.2. The Kier molecular flexibility index (Phi) is 6.87. The highest BCUT2D eigenvalue weighted by molar-refractivity contribution is 7.88. The van der Waals surface area contributed by atoms with E-state index in [1.807, 2.05) is 24.5 Å². The van der Waals surface area contributed by atoms with E-state index in [0.717, 1.165) is 59.9 Å². The van der Waals surface area contributed by atoms with Gasteiger partial charge in [0.05, 0.1) is 29.3 Å². The summed E-state index contributed by atoms with van der Waals surface area (Å²) in [5, 5.41) is 1.09. The van der Waals surface area contributed by atoms with Crippen molar-refractivity contribution in [3.05, 3.63) is 36.3 Å². The summed E-state index contributed by atoms with van der Waals surface area (Å²) in [6.07, 6.45) is 6.50. The normalized spacial score (nSPS) is 14.5.